The first-order valence-corrected chi connectivity index (χ1v) is 5.12. The van der Waals surface area contributed by atoms with Gasteiger partial charge in [-0.15, -0.1) is 0 Å². The summed E-state index contributed by atoms with van der Waals surface area (Å²) in [6.07, 6.45) is 0. The van der Waals surface area contributed by atoms with Crippen LogP contribution < -0.4 is 5.14 Å². The molecule has 0 saturated carbocycles. The predicted octanol–water partition coefficient (Wildman–Crippen LogP) is 2.02. The van der Waals surface area contributed by atoms with Gasteiger partial charge < -0.3 is 4.90 Å². The summed E-state index contributed by atoms with van der Waals surface area (Å²) in [4.78, 5) is 3.31. The standard InChI is InChI=1S/C10H16N2S/c1-8-6-9(7-12(2)3)4-5-10(8)13-11/h4-6H,7,11H2,1-3H3. The van der Waals surface area contributed by atoms with Crippen molar-refractivity contribution in [3.05, 3.63) is 29.3 Å². The van der Waals surface area contributed by atoms with E-state index in [0.29, 0.717) is 0 Å². The topological polar surface area (TPSA) is 29.3 Å². The maximum Gasteiger partial charge on any atom is 0.0255 e. The summed E-state index contributed by atoms with van der Waals surface area (Å²) in [5.74, 6) is 0. The van der Waals surface area contributed by atoms with Crippen LogP contribution in [0.5, 0.6) is 0 Å². The van der Waals surface area contributed by atoms with Gasteiger partial charge in [0.25, 0.3) is 0 Å². The monoisotopic (exact) mass is 196 g/mol. The van der Waals surface area contributed by atoms with Crippen molar-refractivity contribution in [2.75, 3.05) is 14.1 Å². The van der Waals surface area contributed by atoms with Gasteiger partial charge in [0, 0.05) is 11.4 Å². The molecule has 0 unspecified atom stereocenters. The Morgan fingerprint density at radius 2 is 2.08 bits per heavy atom. The van der Waals surface area contributed by atoms with Crippen LogP contribution in [0, 0.1) is 6.92 Å². The van der Waals surface area contributed by atoms with Crippen LogP contribution in [0.25, 0.3) is 0 Å². The quantitative estimate of drug-likeness (QED) is 0.750. The average Bonchev–Trinajstić information content (AvgIpc) is 2.03. The van der Waals surface area contributed by atoms with Gasteiger partial charge in [-0.3, -0.25) is 5.14 Å². The van der Waals surface area contributed by atoms with Gasteiger partial charge in [0.2, 0.25) is 0 Å². The molecule has 0 amide bonds. The van der Waals surface area contributed by atoms with Gasteiger partial charge in [-0.25, -0.2) is 0 Å². The molecule has 1 aromatic carbocycles. The number of nitrogens with two attached hydrogens (primary N) is 1. The molecule has 1 rings (SSSR count). The first-order valence-electron chi connectivity index (χ1n) is 4.24. The van der Waals surface area contributed by atoms with Gasteiger partial charge in [-0.2, -0.15) is 0 Å². The summed E-state index contributed by atoms with van der Waals surface area (Å²) in [7, 11) is 4.14. The number of rotatable bonds is 3. The normalized spacial score (nSPS) is 10.8. The van der Waals surface area contributed by atoms with Crippen molar-refractivity contribution in [1.29, 1.82) is 0 Å². The van der Waals surface area contributed by atoms with Crippen molar-refractivity contribution in [2.45, 2.75) is 18.4 Å². The SMILES string of the molecule is Cc1cc(CN(C)C)ccc1SN. The zero-order valence-electron chi connectivity index (χ0n) is 8.37. The van der Waals surface area contributed by atoms with Gasteiger partial charge in [-0.05, 0) is 50.2 Å². The van der Waals surface area contributed by atoms with Crippen LogP contribution in [-0.2, 0) is 6.54 Å². The molecule has 3 heteroatoms. The molecule has 0 spiro atoms. The summed E-state index contributed by atoms with van der Waals surface area (Å²) in [6, 6.07) is 6.40. The molecular formula is C10H16N2S. The lowest BCUT2D eigenvalue weighted by Gasteiger charge is -2.11. The summed E-state index contributed by atoms with van der Waals surface area (Å²) in [6.45, 7) is 3.07. The van der Waals surface area contributed by atoms with E-state index in [-0.39, 0.29) is 0 Å². The fourth-order valence-electron chi connectivity index (χ4n) is 1.31. The zero-order chi connectivity index (χ0) is 9.84. The van der Waals surface area contributed by atoms with Gasteiger partial charge >= 0.3 is 0 Å². The second-order valence-electron chi connectivity index (χ2n) is 3.46. The van der Waals surface area contributed by atoms with Gasteiger partial charge in [-0.1, -0.05) is 12.1 Å². The molecule has 0 heterocycles. The highest BCUT2D eigenvalue weighted by atomic mass is 32.2. The van der Waals surface area contributed by atoms with Crippen LogP contribution in [0.15, 0.2) is 23.1 Å². The second kappa shape index (κ2) is 4.65. The Morgan fingerprint density at radius 3 is 2.54 bits per heavy atom. The molecule has 0 atom stereocenters. The fraction of sp³-hybridized carbons (Fsp3) is 0.400. The molecule has 0 fully saturated rings. The van der Waals surface area contributed by atoms with Crippen molar-refractivity contribution in [3.8, 4) is 0 Å². The number of hydrogen-bond acceptors (Lipinski definition) is 3. The molecule has 13 heavy (non-hydrogen) atoms. The minimum Gasteiger partial charge on any atom is -0.305 e. The van der Waals surface area contributed by atoms with Crippen LogP contribution in [0.2, 0.25) is 0 Å². The van der Waals surface area contributed by atoms with Crippen LogP contribution in [0.3, 0.4) is 0 Å². The van der Waals surface area contributed by atoms with Crippen LogP contribution >= 0.6 is 11.9 Å². The molecule has 1 aromatic rings. The Morgan fingerprint density at radius 1 is 1.38 bits per heavy atom. The van der Waals surface area contributed by atoms with Gasteiger partial charge in [0.15, 0.2) is 0 Å². The molecule has 0 aliphatic rings. The third-order valence-corrected chi connectivity index (χ3v) is 2.58. The van der Waals surface area contributed by atoms with E-state index in [0.717, 1.165) is 11.4 Å². The highest BCUT2D eigenvalue weighted by molar-refractivity contribution is 7.97. The van der Waals surface area contributed by atoms with E-state index < -0.39 is 0 Å². The molecule has 0 aliphatic carbocycles. The summed E-state index contributed by atoms with van der Waals surface area (Å²) in [5, 5.41) is 5.51. The second-order valence-corrected chi connectivity index (χ2v) is 4.13. The fourth-order valence-corrected chi connectivity index (χ4v) is 1.70. The molecule has 2 nitrogen and oxygen atoms in total. The molecule has 0 radical (unpaired) electrons. The molecular weight excluding hydrogens is 180 g/mol. The highest BCUT2D eigenvalue weighted by Crippen LogP contribution is 2.18. The molecule has 2 N–H and O–H groups in total. The smallest absolute Gasteiger partial charge is 0.0255 e. The van der Waals surface area contributed by atoms with Crippen LogP contribution in [0.1, 0.15) is 11.1 Å². The van der Waals surface area contributed by atoms with E-state index in [9.17, 15) is 0 Å². The van der Waals surface area contributed by atoms with E-state index in [2.05, 4.69) is 44.1 Å². The molecule has 72 valence electrons. The third-order valence-electron chi connectivity index (χ3n) is 1.87. The lowest BCUT2D eigenvalue weighted by atomic mass is 10.1. The Labute approximate surface area is 84.2 Å². The third kappa shape index (κ3) is 3.03. The Bertz CT molecular complexity index is 284. The Kier molecular flexibility index (Phi) is 3.78. The lowest BCUT2D eigenvalue weighted by molar-refractivity contribution is 0.402. The van der Waals surface area contributed by atoms with Gasteiger partial charge in [0.05, 0.1) is 0 Å². The molecule has 0 aliphatic heterocycles. The van der Waals surface area contributed by atoms with E-state index in [1.54, 1.807) is 0 Å². The van der Waals surface area contributed by atoms with E-state index in [1.807, 2.05) is 0 Å². The molecule has 0 aromatic heterocycles. The summed E-state index contributed by atoms with van der Waals surface area (Å²) < 4.78 is 0. The van der Waals surface area contributed by atoms with E-state index in [4.69, 9.17) is 5.14 Å². The average molecular weight is 196 g/mol. The van der Waals surface area contributed by atoms with Crippen LogP contribution in [0.4, 0.5) is 0 Å². The van der Waals surface area contributed by atoms with Crippen molar-refractivity contribution in [3.63, 3.8) is 0 Å². The largest absolute Gasteiger partial charge is 0.305 e. The Hall–Kier alpha value is -0.510. The van der Waals surface area contributed by atoms with Gasteiger partial charge in [0.1, 0.15) is 0 Å². The maximum absolute atomic E-state index is 5.51. The van der Waals surface area contributed by atoms with Crippen molar-refractivity contribution in [1.82, 2.24) is 4.90 Å². The minimum atomic E-state index is 0.982. The van der Waals surface area contributed by atoms with E-state index in [1.165, 1.54) is 23.1 Å². The predicted molar refractivity (Wildman–Crippen MR) is 58.6 cm³/mol. The van der Waals surface area contributed by atoms with Crippen molar-refractivity contribution >= 4 is 11.9 Å². The number of nitrogens with zero attached hydrogens (tertiary/aromatic N) is 1. The summed E-state index contributed by atoms with van der Waals surface area (Å²) in [5.41, 5.74) is 2.59. The first kappa shape index (κ1) is 10.6. The van der Waals surface area contributed by atoms with Crippen LogP contribution in [-0.4, -0.2) is 19.0 Å². The lowest BCUT2D eigenvalue weighted by Crippen LogP contribution is -2.10. The van der Waals surface area contributed by atoms with Crippen molar-refractivity contribution in [2.24, 2.45) is 5.14 Å². The molecule has 0 bridgehead atoms. The number of aryl methyl sites for hydroxylation is 1. The minimum absolute atomic E-state index is 0.982. The first-order chi connectivity index (χ1) is 6.13. The number of benzene rings is 1. The summed E-state index contributed by atoms with van der Waals surface area (Å²) >= 11 is 1.31. The zero-order valence-corrected chi connectivity index (χ0v) is 9.19. The van der Waals surface area contributed by atoms with Crippen molar-refractivity contribution < 1.29 is 0 Å². The highest BCUT2D eigenvalue weighted by Gasteiger charge is 1.99. The molecule has 0 saturated heterocycles. The van der Waals surface area contributed by atoms with E-state index >= 15 is 0 Å². The number of hydrogen-bond donors (Lipinski definition) is 1. The maximum atomic E-state index is 5.51. The Balaban J connectivity index is 2.83.